The minimum absolute atomic E-state index is 0.0552. The third kappa shape index (κ3) is 7.66. The minimum Gasteiger partial charge on any atom is -0.417 e. The summed E-state index contributed by atoms with van der Waals surface area (Å²) in [7, 11) is -0.0503. The molecular weight excluding hydrogens is 420 g/mol. The van der Waals surface area contributed by atoms with E-state index >= 15 is 0 Å². The van der Waals surface area contributed by atoms with Crippen molar-refractivity contribution in [2.24, 2.45) is 5.10 Å². The second-order valence-corrected chi connectivity index (χ2v) is 16.0. The van der Waals surface area contributed by atoms with Crippen molar-refractivity contribution in [1.29, 1.82) is 0 Å². The summed E-state index contributed by atoms with van der Waals surface area (Å²) in [5.41, 5.74) is 1.01. The maximum absolute atomic E-state index is 6.49. The lowest BCUT2D eigenvalue weighted by atomic mass is 9.98. The maximum Gasteiger partial charge on any atom is 0.191 e. The lowest BCUT2D eigenvalue weighted by Crippen LogP contribution is -2.53. The lowest BCUT2D eigenvalue weighted by molar-refractivity contribution is -0.259. The van der Waals surface area contributed by atoms with Crippen LogP contribution in [0.1, 0.15) is 73.1 Å². The van der Waals surface area contributed by atoms with Crippen LogP contribution in [0, 0.1) is 0 Å². The zero-order valence-corrected chi connectivity index (χ0v) is 22.9. The van der Waals surface area contributed by atoms with E-state index in [1.54, 1.807) is 7.11 Å². The van der Waals surface area contributed by atoms with Crippen LogP contribution in [0.25, 0.3) is 0 Å². The molecule has 0 bridgehead atoms. The number of ether oxygens (including phenoxy) is 3. The summed E-state index contributed by atoms with van der Waals surface area (Å²) in [6, 6.07) is 0.320. The van der Waals surface area contributed by atoms with Gasteiger partial charge in [-0.25, -0.2) is 0 Å². The lowest BCUT2D eigenvalue weighted by Gasteiger charge is -2.43. The standard InChI is InChI=1S/C25H48N2O4Si/c1-10-11-12-15-21-23(26-27-17-13-14-20(27)19-28-7)22(31-25(5,6)30-21)16-18-29-32(8,9)24(2,3)4/h10,20-22H,1,11-19H2,2-9H3/b26-23+/t20-,21-,22-/m0/s1. The molecular formula is C25H48N2O4Si. The molecule has 0 saturated carbocycles. The third-order valence-electron chi connectivity index (χ3n) is 6.98. The molecule has 0 N–H and O–H groups in total. The first-order valence-corrected chi connectivity index (χ1v) is 15.3. The van der Waals surface area contributed by atoms with Gasteiger partial charge in [0.25, 0.3) is 0 Å². The topological polar surface area (TPSA) is 52.5 Å². The fourth-order valence-electron chi connectivity index (χ4n) is 4.13. The first-order valence-electron chi connectivity index (χ1n) is 12.3. The van der Waals surface area contributed by atoms with Gasteiger partial charge in [-0.1, -0.05) is 26.8 Å². The van der Waals surface area contributed by atoms with E-state index in [1.165, 1.54) is 0 Å². The average molecular weight is 469 g/mol. The second kappa shape index (κ2) is 11.6. The zero-order chi connectivity index (χ0) is 24.0. The van der Waals surface area contributed by atoms with E-state index in [4.69, 9.17) is 23.7 Å². The Morgan fingerprint density at radius 3 is 2.47 bits per heavy atom. The SMILES string of the molecule is C=CCCC[C@@H]1OC(C)(C)O[C@@H](CCO[Si](C)(C)C(C)(C)C)/C1=N/N1CCC[C@H]1COC. The highest BCUT2D eigenvalue weighted by atomic mass is 28.4. The summed E-state index contributed by atoms with van der Waals surface area (Å²) in [6.07, 6.45) is 7.76. The van der Waals surface area contributed by atoms with Crippen LogP contribution < -0.4 is 0 Å². The van der Waals surface area contributed by atoms with Crippen LogP contribution >= 0.6 is 0 Å². The van der Waals surface area contributed by atoms with Crippen molar-refractivity contribution in [2.75, 3.05) is 26.9 Å². The van der Waals surface area contributed by atoms with Crippen LogP contribution in [0.4, 0.5) is 0 Å². The van der Waals surface area contributed by atoms with Crippen molar-refractivity contribution in [3.05, 3.63) is 12.7 Å². The monoisotopic (exact) mass is 468 g/mol. The predicted molar refractivity (Wildman–Crippen MR) is 135 cm³/mol. The van der Waals surface area contributed by atoms with Gasteiger partial charge in [-0.3, -0.25) is 5.01 Å². The Hall–Kier alpha value is -0.733. The summed E-state index contributed by atoms with van der Waals surface area (Å²) < 4.78 is 24.8. The van der Waals surface area contributed by atoms with Gasteiger partial charge in [0.2, 0.25) is 0 Å². The van der Waals surface area contributed by atoms with Crippen LogP contribution in [0.15, 0.2) is 17.8 Å². The van der Waals surface area contributed by atoms with Crippen LogP contribution in [-0.4, -0.2) is 69.9 Å². The largest absolute Gasteiger partial charge is 0.417 e. The molecule has 0 spiro atoms. The molecule has 0 amide bonds. The minimum atomic E-state index is -1.81. The van der Waals surface area contributed by atoms with Crippen LogP contribution in [0.2, 0.25) is 18.1 Å². The Kier molecular flexibility index (Phi) is 9.98. The maximum atomic E-state index is 6.49. The van der Waals surface area contributed by atoms with Crippen molar-refractivity contribution in [3.63, 3.8) is 0 Å². The average Bonchev–Trinajstić information content (AvgIpc) is 3.10. The molecule has 2 rings (SSSR count). The fourth-order valence-corrected chi connectivity index (χ4v) is 5.19. The number of allylic oxidation sites excluding steroid dienone is 1. The van der Waals surface area contributed by atoms with Gasteiger partial charge in [0, 0.05) is 26.7 Å². The van der Waals surface area contributed by atoms with E-state index < -0.39 is 14.1 Å². The van der Waals surface area contributed by atoms with Gasteiger partial charge < -0.3 is 18.6 Å². The van der Waals surface area contributed by atoms with Crippen LogP contribution in [-0.2, 0) is 18.6 Å². The van der Waals surface area contributed by atoms with E-state index in [2.05, 4.69) is 45.5 Å². The predicted octanol–water partition coefficient (Wildman–Crippen LogP) is 5.74. The Morgan fingerprint density at radius 2 is 1.88 bits per heavy atom. The van der Waals surface area contributed by atoms with E-state index in [9.17, 15) is 0 Å². The number of hydrogen-bond acceptors (Lipinski definition) is 6. The molecule has 7 heteroatoms. The van der Waals surface area contributed by atoms with Gasteiger partial charge in [-0.2, -0.15) is 5.10 Å². The van der Waals surface area contributed by atoms with Crippen molar-refractivity contribution in [2.45, 2.75) is 115 Å². The molecule has 32 heavy (non-hydrogen) atoms. The first kappa shape index (κ1) is 27.5. The van der Waals surface area contributed by atoms with Crippen LogP contribution in [0.5, 0.6) is 0 Å². The normalized spacial score (nSPS) is 27.8. The molecule has 0 aromatic heterocycles. The molecule has 0 aliphatic carbocycles. The number of unbranched alkanes of at least 4 members (excludes halogenated alkanes) is 1. The van der Waals surface area contributed by atoms with E-state index in [0.29, 0.717) is 19.3 Å². The van der Waals surface area contributed by atoms with E-state index in [-0.39, 0.29) is 17.2 Å². The van der Waals surface area contributed by atoms with Crippen molar-refractivity contribution in [3.8, 4) is 0 Å². The van der Waals surface area contributed by atoms with Gasteiger partial charge >= 0.3 is 0 Å². The Bertz CT molecular complexity index is 630. The Morgan fingerprint density at radius 1 is 1.22 bits per heavy atom. The summed E-state index contributed by atoms with van der Waals surface area (Å²) >= 11 is 0. The Labute approximate surface area is 197 Å². The van der Waals surface area contributed by atoms with Gasteiger partial charge in [-0.05, 0) is 64.1 Å². The number of nitrogens with zero attached hydrogens (tertiary/aromatic N) is 2. The molecule has 2 aliphatic rings. The molecule has 186 valence electrons. The fraction of sp³-hybridized carbons (Fsp3) is 0.880. The molecule has 0 aromatic rings. The highest BCUT2D eigenvalue weighted by Crippen LogP contribution is 2.37. The Balaban J connectivity index is 2.23. The smallest absolute Gasteiger partial charge is 0.191 e. The summed E-state index contributed by atoms with van der Waals surface area (Å²) in [5, 5.41) is 7.55. The summed E-state index contributed by atoms with van der Waals surface area (Å²) in [6.45, 7) is 21.7. The van der Waals surface area contributed by atoms with Crippen LogP contribution in [0.3, 0.4) is 0 Å². The molecule has 2 heterocycles. The molecule has 0 aromatic carbocycles. The van der Waals surface area contributed by atoms with Gasteiger partial charge in [0.15, 0.2) is 14.1 Å². The number of hydrazone groups is 1. The van der Waals surface area contributed by atoms with E-state index in [0.717, 1.165) is 50.8 Å². The second-order valence-electron chi connectivity index (χ2n) is 11.2. The highest BCUT2D eigenvalue weighted by Gasteiger charge is 2.42. The number of methoxy groups -OCH3 is 1. The quantitative estimate of drug-likeness (QED) is 0.220. The molecule has 3 atom stereocenters. The molecule has 2 saturated heterocycles. The van der Waals surface area contributed by atoms with E-state index in [1.807, 2.05) is 19.9 Å². The highest BCUT2D eigenvalue weighted by molar-refractivity contribution is 6.74. The third-order valence-corrected chi connectivity index (χ3v) is 11.5. The van der Waals surface area contributed by atoms with Gasteiger partial charge in [0.05, 0.1) is 18.4 Å². The summed E-state index contributed by atoms with van der Waals surface area (Å²) in [4.78, 5) is 0. The van der Waals surface area contributed by atoms with Crippen molar-refractivity contribution >= 4 is 14.0 Å². The van der Waals surface area contributed by atoms with Crippen molar-refractivity contribution in [1.82, 2.24) is 5.01 Å². The molecule has 6 nitrogen and oxygen atoms in total. The molecule has 0 unspecified atom stereocenters. The molecule has 2 fully saturated rings. The van der Waals surface area contributed by atoms with Gasteiger partial charge in [0.1, 0.15) is 12.2 Å². The number of rotatable bonds is 11. The molecule has 0 radical (unpaired) electrons. The molecule has 2 aliphatic heterocycles. The first-order chi connectivity index (χ1) is 14.9. The van der Waals surface area contributed by atoms with Crippen molar-refractivity contribution < 1.29 is 18.6 Å². The van der Waals surface area contributed by atoms with Gasteiger partial charge in [-0.15, -0.1) is 6.58 Å². The zero-order valence-electron chi connectivity index (χ0n) is 21.9. The number of hydrogen-bond donors (Lipinski definition) is 0. The summed E-state index contributed by atoms with van der Waals surface area (Å²) in [5.74, 6) is -0.642.